The fraction of sp³-hybridized carbons (Fsp3) is 0.421. The highest BCUT2D eigenvalue weighted by atomic mass is 32.1. The molecule has 0 aliphatic carbocycles. The quantitative estimate of drug-likeness (QED) is 0.833. The SMILES string of the molecule is Cc1ccoc1C(=O)N1CCc2c(sc3c2C(=O)N(C)CC(=O)N3CCO)C1. The van der Waals surface area contributed by atoms with Crippen LogP contribution < -0.4 is 4.90 Å². The number of carbonyl (C=O) groups is 3. The number of anilines is 1. The normalized spacial score (nSPS) is 16.9. The number of carbonyl (C=O) groups excluding carboxylic acids is 3. The molecule has 1 N–H and O–H groups in total. The molecule has 2 aliphatic heterocycles. The summed E-state index contributed by atoms with van der Waals surface area (Å²) >= 11 is 1.35. The molecule has 0 aromatic carbocycles. The molecule has 4 heterocycles. The molecule has 0 unspecified atom stereocenters. The maximum absolute atomic E-state index is 12.9. The van der Waals surface area contributed by atoms with Gasteiger partial charge in [-0.15, -0.1) is 11.3 Å². The molecule has 0 fully saturated rings. The van der Waals surface area contributed by atoms with Crippen LogP contribution in [-0.2, 0) is 17.8 Å². The van der Waals surface area contributed by atoms with Gasteiger partial charge >= 0.3 is 0 Å². The van der Waals surface area contributed by atoms with Crippen molar-refractivity contribution in [2.45, 2.75) is 19.9 Å². The minimum absolute atomic E-state index is 0.0165. The van der Waals surface area contributed by atoms with Gasteiger partial charge in [0.1, 0.15) is 11.5 Å². The van der Waals surface area contributed by atoms with Gasteiger partial charge in [0.15, 0.2) is 5.76 Å². The molecule has 28 heavy (non-hydrogen) atoms. The van der Waals surface area contributed by atoms with Crippen LogP contribution in [0.5, 0.6) is 0 Å². The average Bonchev–Trinajstić information content (AvgIpc) is 3.25. The number of β-amino-alcohol motifs (C(OH)–C–C–N with tert-alkyl or cyclic N) is 1. The van der Waals surface area contributed by atoms with Crippen LogP contribution in [0.25, 0.3) is 0 Å². The number of fused-ring (bicyclic) bond motifs is 3. The Bertz CT molecular complexity index is 963. The average molecular weight is 403 g/mol. The molecular weight excluding hydrogens is 382 g/mol. The lowest BCUT2D eigenvalue weighted by molar-refractivity contribution is -0.119. The smallest absolute Gasteiger partial charge is 0.290 e. The lowest BCUT2D eigenvalue weighted by Crippen LogP contribution is -2.39. The van der Waals surface area contributed by atoms with Gasteiger partial charge in [-0.2, -0.15) is 0 Å². The minimum Gasteiger partial charge on any atom is -0.459 e. The van der Waals surface area contributed by atoms with Crippen molar-refractivity contribution in [2.24, 2.45) is 0 Å². The zero-order valence-electron chi connectivity index (χ0n) is 15.7. The maximum atomic E-state index is 12.9. The fourth-order valence-electron chi connectivity index (χ4n) is 3.70. The second-order valence-corrected chi connectivity index (χ2v) is 8.11. The van der Waals surface area contributed by atoms with E-state index >= 15 is 0 Å². The number of hydrogen-bond donors (Lipinski definition) is 1. The molecule has 2 aromatic heterocycles. The van der Waals surface area contributed by atoms with Crippen LogP contribution in [0.15, 0.2) is 16.7 Å². The third-order valence-corrected chi connectivity index (χ3v) is 6.42. The predicted octanol–water partition coefficient (Wildman–Crippen LogP) is 1.26. The summed E-state index contributed by atoms with van der Waals surface area (Å²) in [6, 6.07) is 1.75. The minimum atomic E-state index is -0.221. The van der Waals surface area contributed by atoms with Crippen LogP contribution in [0.1, 0.15) is 36.9 Å². The number of amides is 3. The zero-order valence-corrected chi connectivity index (χ0v) is 16.5. The first-order chi connectivity index (χ1) is 13.4. The van der Waals surface area contributed by atoms with Crippen molar-refractivity contribution >= 4 is 34.1 Å². The summed E-state index contributed by atoms with van der Waals surface area (Å²) in [5.41, 5.74) is 2.21. The van der Waals surface area contributed by atoms with Crippen LogP contribution >= 0.6 is 11.3 Å². The highest BCUT2D eigenvalue weighted by Crippen LogP contribution is 2.41. The van der Waals surface area contributed by atoms with Gasteiger partial charge in [-0.1, -0.05) is 0 Å². The van der Waals surface area contributed by atoms with Crippen molar-refractivity contribution < 1.29 is 23.9 Å². The van der Waals surface area contributed by atoms with Crippen LogP contribution in [0.3, 0.4) is 0 Å². The van der Waals surface area contributed by atoms with Crippen molar-refractivity contribution in [1.29, 1.82) is 0 Å². The highest BCUT2D eigenvalue weighted by Gasteiger charge is 2.37. The van der Waals surface area contributed by atoms with Gasteiger partial charge in [0.05, 0.1) is 25.0 Å². The molecular formula is C19H21N3O5S. The molecule has 2 aromatic rings. The van der Waals surface area contributed by atoms with E-state index in [1.807, 2.05) is 6.92 Å². The van der Waals surface area contributed by atoms with Crippen LogP contribution in [0.4, 0.5) is 5.00 Å². The van der Waals surface area contributed by atoms with E-state index in [1.54, 1.807) is 18.0 Å². The summed E-state index contributed by atoms with van der Waals surface area (Å²) in [6.45, 7) is 2.60. The summed E-state index contributed by atoms with van der Waals surface area (Å²) in [5.74, 6) is -0.262. The molecule has 148 valence electrons. The second kappa shape index (κ2) is 7.06. The zero-order chi connectivity index (χ0) is 20.0. The van der Waals surface area contributed by atoms with Crippen molar-refractivity contribution in [1.82, 2.24) is 9.80 Å². The number of aliphatic hydroxyl groups is 1. The first-order valence-electron chi connectivity index (χ1n) is 9.07. The molecule has 4 rings (SSSR count). The highest BCUT2D eigenvalue weighted by molar-refractivity contribution is 7.17. The monoisotopic (exact) mass is 403 g/mol. The summed E-state index contributed by atoms with van der Waals surface area (Å²) < 4.78 is 5.33. The van der Waals surface area contributed by atoms with Crippen LogP contribution in [0.2, 0.25) is 0 Å². The Kier molecular flexibility index (Phi) is 4.72. The van der Waals surface area contributed by atoms with Gasteiger partial charge in [-0.3, -0.25) is 19.3 Å². The molecule has 3 amide bonds. The number of hydrogen-bond acceptors (Lipinski definition) is 6. The number of rotatable bonds is 3. The Balaban J connectivity index is 1.71. The van der Waals surface area contributed by atoms with Crippen LogP contribution in [0, 0.1) is 6.92 Å². The molecule has 0 radical (unpaired) electrons. The molecule has 9 heteroatoms. The maximum Gasteiger partial charge on any atom is 0.290 e. The Hall–Kier alpha value is -2.65. The van der Waals surface area contributed by atoms with Gasteiger partial charge in [-0.25, -0.2) is 0 Å². The standard InChI is InChI=1S/C19H21N3O5S/c1-11-4-8-27-16(11)18(26)21-5-3-12-13(9-21)28-19-15(12)17(25)20(2)10-14(24)22(19)6-7-23/h4,8,23H,3,5-7,9-10H2,1-2H3. The van der Waals surface area contributed by atoms with Gasteiger partial charge in [-0.05, 0) is 25.0 Å². The van der Waals surface area contributed by atoms with Crippen molar-refractivity contribution in [2.75, 3.05) is 38.2 Å². The van der Waals surface area contributed by atoms with Crippen molar-refractivity contribution in [3.8, 4) is 0 Å². The Labute approximate surface area is 165 Å². The van der Waals surface area contributed by atoms with Crippen molar-refractivity contribution in [3.05, 3.63) is 39.7 Å². The van der Waals surface area contributed by atoms with E-state index in [1.165, 1.54) is 27.4 Å². The Morgan fingerprint density at radius 2 is 2.11 bits per heavy atom. The number of likely N-dealkylation sites (N-methyl/N-ethyl adjacent to an activating group) is 1. The van der Waals surface area contributed by atoms with E-state index in [0.29, 0.717) is 35.8 Å². The largest absolute Gasteiger partial charge is 0.459 e. The van der Waals surface area contributed by atoms with E-state index in [4.69, 9.17) is 4.42 Å². The van der Waals surface area contributed by atoms with Gasteiger partial charge in [0.25, 0.3) is 11.8 Å². The molecule has 0 bridgehead atoms. The first kappa shape index (κ1) is 18.7. The lowest BCUT2D eigenvalue weighted by atomic mass is 10.0. The van der Waals surface area contributed by atoms with Gasteiger partial charge in [0.2, 0.25) is 5.91 Å². The molecule has 0 saturated heterocycles. The predicted molar refractivity (Wildman–Crippen MR) is 103 cm³/mol. The second-order valence-electron chi connectivity index (χ2n) is 7.02. The number of aliphatic hydroxyl groups excluding tert-OH is 1. The van der Waals surface area contributed by atoms with E-state index in [0.717, 1.165) is 16.0 Å². The van der Waals surface area contributed by atoms with Gasteiger partial charge < -0.3 is 19.3 Å². The van der Waals surface area contributed by atoms with Gasteiger partial charge in [0, 0.05) is 30.6 Å². The van der Waals surface area contributed by atoms with E-state index in [2.05, 4.69) is 0 Å². The number of nitrogens with zero attached hydrogens (tertiary/aromatic N) is 3. The molecule has 0 saturated carbocycles. The number of aryl methyl sites for hydroxylation is 1. The Morgan fingerprint density at radius 3 is 2.79 bits per heavy atom. The molecule has 0 spiro atoms. The Morgan fingerprint density at radius 1 is 1.32 bits per heavy atom. The fourth-order valence-corrected chi connectivity index (χ4v) is 5.10. The topological polar surface area (TPSA) is 94.3 Å². The summed E-state index contributed by atoms with van der Waals surface area (Å²) in [5, 5.41) is 9.95. The molecule has 8 nitrogen and oxygen atoms in total. The number of furan rings is 1. The van der Waals surface area contributed by atoms with E-state index < -0.39 is 0 Å². The van der Waals surface area contributed by atoms with Crippen LogP contribution in [-0.4, -0.2) is 65.9 Å². The third kappa shape index (κ3) is 2.91. The third-order valence-electron chi connectivity index (χ3n) is 5.18. The molecule has 2 aliphatic rings. The summed E-state index contributed by atoms with van der Waals surface area (Å²) in [4.78, 5) is 43.8. The summed E-state index contributed by atoms with van der Waals surface area (Å²) in [6.07, 6.45) is 2.03. The van der Waals surface area contributed by atoms with E-state index in [9.17, 15) is 19.5 Å². The first-order valence-corrected chi connectivity index (χ1v) is 9.88. The lowest BCUT2D eigenvalue weighted by Gasteiger charge is -2.27. The number of thiophene rings is 1. The van der Waals surface area contributed by atoms with Crippen molar-refractivity contribution in [3.63, 3.8) is 0 Å². The summed E-state index contributed by atoms with van der Waals surface area (Å²) in [7, 11) is 1.61. The van der Waals surface area contributed by atoms with E-state index in [-0.39, 0.29) is 37.4 Å². The molecule has 0 atom stereocenters.